The van der Waals surface area contributed by atoms with Gasteiger partial charge in [-0.25, -0.2) is 4.79 Å². The normalized spacial score (nSPS) is 12.0. The van der Waals surface area contributed by atoms with E-state index >= 15 is 0 Å². The van der Waals surface area contributed by atoms with Gasteiger partial charge in [-0.05, 0) is 80.6 Å². The zero-order valence-electron chi connectivity index (χ0n) is 13.4. The van der Waals surface area contributed by atoms with Gasteiger partial charge >= 0.3 is 50.9 Å². The number of carbonyl (C=O) groups is 1. The summed E-state index contributed by atoms with van der Waals surface area (Å²) in [5.74, 6) is -3.09. The number of alkyl halides is 2. The van der Waals surface area contributed by atoms with Gasteiger partial charge in [-0.1, -0.05) is 4.33 Å². The molecule has 0 rings (SSSR count). The molecule has 0 amide bonds. The Kier molecular flexibility index (Phi) is 21.1. The fourth-order valence-corrected chi connectivity index (χ4v) is 0.785. The van der Waals surface area contributed by atoms with Crippen molar-refractivity contribution in [3.8, 4) is 0 Å². The van der Waals surface area contributed by atoms with Crippen LogP contribution in [0.25, 0.3) is 0 Å². The van der Waals surface area contributed by atoms with Crippen LogP contribution in [0.4, 0.5) is 8.78 Å². The van der Waals surface area contributed by atoms with Crippen molar-refractivity contribution < 1.29 is 162 Å². The number of carboxylic acids is 1. The molecule has 0 saturated carbocycles. The molecule has 0 bridgehead atoms. The number of halogens is 2. The minimum absolute atomic E-state index is 0. The van der Waals surface area contributed by atoms with Gasteiger partial charge in [-0.3, -0.25) is 5.04 Å². The second-order valence-electron chi connectivity index (χ2n) is 2.64. The first kappa shape index (κ1) is 32.6. The molecular formula is C2HF2NaO25S. The molecule has 25 nitrogen and oxygen atoms in total. The third-order valence-corrected chi connectivity index (χ3v) is 2.22. The smallest absolute Gasteiger partial charge is 0.689 e. The average Bonchev–Trinajstić information content (AvgIpc) is 2.69. The molecule has 0 aromatic carbocycles. The minimum atomic E-state index is -6.12. The molecule has 0 aromatic rings. The molecule has 0 aliphatic carbocycles. The molecule has 0 saturated heterocycles. The Morgan fingerprint density at radius 1 is 0.645 bits per heavy atom. The Morgan fingerprint density at radius 3 is 1.16 bits per heavy atom. The van der Waals surface area contributed by atoms with Gasteiger partial charge in [0, 0.05) is 10.1 Å². The Hall–Kier alpha value is -0.560. The molecule has 0 fully saturated rings. The minimum Gasteiger partial charge on any atom is -0.689 e. The van der Waals surface area contributed by atoms with Crippen LogP contribution in [0.2, 0.25) is 0 Å². The Bertz CT molecular complexity index is 522. The van der Waals surface area contributed by atoms with Crippen LogP contribution in [0.15, 0.2) is 0 Å². The topological polar surface area (TPSA) is 279 Å². The van der Waals surface area contributed by atoms with Crippen molar-refractivity contribution in [2.75, 3.05) is 0 Å². The molecule has 0 radical (unpaired) electrons. The maximum absolute atomic E-state index is 12.6. The van der Waals surface area contributed by atoms with Crippen LogP contribution in [-0.4, -0.2) is 24.7 Å². The van der Waals surface area contributed by atoms with Crippen molar-refractivity contribution >= 4 is 16.1 Å². The summed E-state index contributed by atoms with van der Waals surface area (Å²) in [4.78, 5) is 9.97. The van der Waals surface area contributed by atoms with Gasteiger partial charge < -0.3 is 10.4 Å². The van der Waals surface area contributed by atoms with Crippen molar-refractivity contribution in [2.24, 2.45) is 0 Å². The first-order chi connectivity index (χ1) is 14.3. The zero-order chi connectivity index (χ0) is 22.7. The quantitative estimate of drug-likeness (QED) is 0.0604. The SMILES string of the molecule is O=C(O)C(F)(F)S(=O)(=O)OOOOOOOOOOOOOOOOOOOO[O-].[Na+]. The molecule has 0 atom stereocenters. The predicted molar refractivity (Wildman–Crippen MR) is 43.2 cm³/mol. The van der Waals surface area contributed by atoms with Crippen LogP contribution >= 0.6 is 0 Å². The van der Waals surface area contributed by atoms with Crippen molar-refractivity contribution in [3.63, 3.8) is 0 Å². The van der Waals surface area contributed by atoms with Gasteiger partial charge in [-0.15, -0.1) is 0 Å². The molecule has 29 heteroatoms. The molecule has 0 aromatic heterocycles. The molecule has 180 valence electrons. The van der Waals surface area contributed by atoms with Crippen LogP contribution in [0, 0.1) is 0 Å². The maximum atomic E-state index is 12.6. The fraction of sp³-hybridized carbons (Fsp3) is 0.500. The number of rotatable bonds is 22. The Balaban J connectivity index is 0. The molecule has 1 N–H and O–H groups in total. The summed E-state index contributed by atoms with van der Waals surface area (Å²) in [5, 5.41) is 73.7. The summed E-state index contributed by atoms with van der Waals surface area (Å²) < 4.78 is 49.3. The summed E-state index contributed by atoms with van der Waals surface area (Å²) in [5.41, 5.74) is 0. The first-order valence-electron chi connectivity index (χ1n) is 5.09. The van der Waals surface area contributed by atoms with Crippen molar-refractivity contribution in [2.45, 2.75) is 5.25 Å². The van der Waals surface area contributed by atoms with E-state index in [0.717, 1.165) is 0 Å². The van der Waals surface area contributed by atoms with Crippen molar-refractivity contribution in [1.82, 2.24) is 0 Å². The van der Waals surface area contributed by atoms with Crippen molar-refractivity contribution in [1.29, 1.82) is 0 Å². The van der Waals surface area contributed by atoms with Gasteiger partial charge in [-0.2, -0.15) is 17.2 Å². The van der Waals surface area contributed by atoms with E-state index in [0.29, 0.717) is 0 Å². The van der Waals surface area contributed by atoms with E-state index in [4.69, 9.17) is 10.4 Å². The number of carboxylic acid groups (broad SMARTS) is 1. The molecule has 31 heavy (non-hydrogen) atoms. The van der Waals surface area contributed by atoms with Gasteiger partial charge in [0.2, 0.25) is 0 Å². The second-order valence-corrected chi connectivity index (χ2v) is 4.19. The third-order valence-electron chi connectivity index (χ3n) is 1.18. The summed E-state index contributed by atoms with van der Waals surface area (Å²) in [7, 11) is -6.12. The molecule has 0 spiro atoms. The summed E-state index contributed by atoms with van der Waals surface area (Å²) in [6.45, 7) is 0. The predicted octanol–water partition coefficient (Wildman–Crippen LogP) is -6.01. The van der Waals surface area contributed by atoms with Crippen molar-refractivity contribution in [3.05, 3.63) is 0 Å². The van der Waals surface area contributed by atoms with Gasteiger partial charge in [0.15, 0.2) is 0 Å². The fourth-order valence-electron chi connectivity index (χ4n) is 0.390. The van der Waals surface area contributed by atoms with E-state index in [1.165, 1.54) is 0 Å². The largest absolute Gasteiger partial charge is 1.00 e. The van der Waals surface area contributed by atoms with Crippen LogP contribution in [-0.2, 0) is 115 Å². The second kappa shape index (κ2) is 20.1. The number of hydrogen-bond acceptors (Lipinski definition) is 24. The number of hydrogen-bond donors (Lipinski definition) is 1. The van der Waals surface area contributed by atoms with Gasteiger partial charge in [0.1, 0.15) is 0 Å². The van der Waals surface area contributed by atoms with Crippen LogP contribution in [0.1, 0.15) is 0 Å². The van der Waals surface area contributed by atoms with Gasteiger partial charge in [0.25, 0.3) is 0 Å². The van der Waals surface area contributed by atoms with E-state index in [-0.39, 0.29) is 29.6 Å². The van der Waals surface area contributed by atoms with E-state index in [1.54, 1.807) is 0 Å². The molecule has 0 aliphatic rings. The molecule has 0 unspecified atom stereocenters. The van der Waals surface area contributed by atoms with E-state index in [2.05, 4.69) is 100 Å². The van der Waals surface area contributed by atoms with Crippen LogP contribution in [0.3, 0.4) is 0 Å². The first-order valence-corrected chi connectivity index (χ1v) is 6.50. The Morgan fingerprint density at radius 2 is 0.903 bits per heavy atom. The van der Waals surface area contributed by atoms with E-state index in [9.17, 15) is 22.0 Å². The summed E-state index contributed by atoms with van der Waals surface area (Å²) in [6.07, 6.45) is 0. The molecule has 0 aliphatic heterocycles. The third kappa shape index (κ3) is 16.7. The standard InChI is InChI=1S/C2H2F2O25S.Na/c3-2(4,1(5)6)30(8,9)29-28-27-26-25-24-23-22-21-20-19-18-17-16-15-14-13-12-11-10-7;/h7H,(H,5,6);/q;+1/p-1. The number of aliphatic carboxylic acids is 1. The monoisotopic (exact) mass is 518 g/mol. The summed E-state index contributed by atoms with van der Waals surface area (Å²) in [6, 6.07) is 0. The van der Waals surface area contributed by atoms with Crippen LogP contribution < -0.4 is 34.8 Å². The average molecular weight is 518 g/mol. The maximum Gasteiger partial charge on any atom is 1.00 e. The molecule has 0 heterocycles. The zero-order valence-corrected chi connectivity index (χ0v) is 16.2. The Labute approximate surface area is 183 Å². The van der Waals surface area contributed by atoms with Gasteiger partial charge in [0.05, 0.1) is 0 Å². The molecular weight excluding hydrogens is 517 g/mol. The summed E-state index contributed by atoms with van der Waals surface area (Å²) >= 11 is 0. The van der Waals surface area contributed by atoms with Crippen LogP contribution in [0.5, 0.6) is 0 Å². The van der Waals surface area contributed by atoms with E-state index in [1.807, 2.05) is 0 Å². The van der Waals surface area contributed by atoms with E-state index < -0.39 is 21.3 Å².